The first-order chi connectivity index (χ1) is 29.5. The summed E-state index contributed by atoms with van der Waals surface area (Å²) in [6.45, 7) is 14.5. The molecule has 62 heavy (non-hydrogen) atoms. The van der Waals surface area contributed by atoms with Gasteiger partial charge in [0, 0.05) is 52.9 Å². The molecule has 1 aliphatic heterocycles. The van der Waals surface area contributed by atoms with Crippen LogP contribution in [0.15, 0.2) is 41.9 Å². The highest BCUT2D eigenvalue weighted by Gasteiger charge is 2.43. The van der Waals surface area contributed by atoms with Crippen molar-refractivity contribution in [2.75, 3.05) is 41.4 Å². The second-order valence-electron chi connectivity index (χ2n) is 17.7. The zero-order valence-corrected chi connectivity index (χ0v) is 40.1. The van der Waals surface area contributed by atoms with E-state index in [1.165, 1.54) is 16.2 Å². The Hall–Kier alpha value is -3.92. The molecule has 1 aromatic carbocycles. The molecule has 1 saturated heterocycles. The zero-order chi connectivity index (χ0) is 46.1. The summed E-state index contributed by atoms with van der Waals surface area (Å²) in [5.41, 5.74) is 6.70. The molecule has 15 heteroatoms. The van der Waals surface area contributed by atoms with Crippen molar-refractivity contribution in [2.24, 2.45) is 29.4 Å². The summed E-state index contributed by atoms with van der Waals surface area (Å²) in [6, 6.07) is 7.16. The van der Waals surface area contributed by atoms with Gasteiger partial charge in [0.15, 0.2) is 0 Å². The van der Waals surface area contributed by atoms with Crippen LogP contribution in [-0.4, -0.2) is 127 Å². The van der Waals surface area contributed by atoms with Gasteiger partial charge in [-0.05, 0) is 62.0 Å². The van der Waals surface area contributed by atoms with Gasteiger partial charge in [0.2, 0.25) is 29.5 Å². The van der Waals surface area contributed by atoms with Crippen molar-refractivity contribution in [3.63, 3.8) is 0 Å². The molecule has 9 atom stereocenters. The van der Waals surface area contributed by atoms with Crippen molar-refractivity contribution in [1.29, 1.82) is 0 Å². The van der Waals surface area contributed by atoms with Crippen molar-refractivity contribution in [1.82, 2.24) is 30.3 Å². The molecule has 0 saturated carbocycles. The van der Waals surface area contributed by atoms with Crippen LogP contribution in [0.3, 0.4) is 0 Å². The number of likely N-dealkylation sites (N-methyl/N-ethyl adjacent to an activating group) is 2. The van der Waals surface area contributed by atoms with E-state index in [0.717, 1.165) is 29.8 Å². The Morgan fingerprint density at radius 2 is 1.61 bits per heavy atom. The first-order valence-electron chi connectivity index (χ1n) is 22.6. The Morgan fingerprint density at radius 3 is 2.18 bits per heavy atom. The number of thiazole rings is 1. The Kier molecular flexibility index (Phi) is 22.0. The molecule has 4 N–H and O–H groups in total. The van der Waals surface area contributed by atoms with E-state index in [-0.39, 0.29) is 65.8 Å². The Bertz CT molecular complexity index is 1680. The van der Waals surface area contributed by atoms with E-state index in [1.807, 2.05) is 89.1 Å². The summed E-state index contributed by atoms with van der Waals surface area (Å²) < 4.78 is 12.1. The number of hydrogen-bond acceptors (Lipinski definition) is 10. The number of ether oxygens (including phenoxy) is 2. The molecule has 1 aliphatic rings. The number of nitrogens with two attached hydrogens (primary N) is 1. The lowest BCUT2D eigenvalue weighted by atomic mass is 9.89. The van der Waals surface area contributed by atoms with E-state index in [0.29, 0.717) is 45.2 Å². The fraction of sp³-hybridized carbons (Fsp3) is 0.702. The van der Waals surface area contributed by atoms with Crippen LogP contribution in [0.1, 0.15) is 116 Å². The molecular formula is C47H77N7O7S. The molecule has 2 aromatic rings. The van der Waals surface area contributed by atoms with Crippen LogP contribution >= 0.6 is 11.3 Å². The van der Waals surface area contributed by atoms with Gasteiger partial charge in [0.1, 0.15) is 17.1 Å². The van der Waals surface area contributed by atoms with Gasteiger partial charge >= 0.3 is 0 Å². The topological polar surface area (TPSA) is 176 Å². The van der Waals surface area contributed by atoms with E-state index in [1.54, 1.807) is 39.4 Å². The molecule has 0 spiro atoms. The van der Waals surface area contributed by atoms with Gasteiger partial charge in [0.25, 0.3) is 0 Å². The van der Waals surface area contributed by atoms with E-state index in [2.05, 4.69) is 15.6 Å². The maximum Gasteiger partial charge on any atom is 0.245 e. The van der Waals surface area contributed by atoms with E-state index in [4.69, 9.17) is 15.2 Å². The summed E-state index contributed by atoms with van der Waals surface area (Å²) >= 11 is 1.50. The molecule has 348 valence electrons. The number of hydrogen-bond donors (Lipinski definition) is 3. The first kappa shape index (κ1) is 52.4. The molecule has 3 rings (SSSR count). The summed E-state index contributed by atoms with van der Waals surface area (Å²) in [5.74, 6) is -2.25. The molecule has 1 aromatic heterocycles. The van der Waals surface area contributed by atoms with Crippen molar-refractivity contribution >= 4 is 40.9 Å². The van der Waals surface area contributed by atoms with Crippen LogP contribution < -0.4 is 16.4 Å². The van der Waals surface area contributed by atoms with Crippen LogP contribution in [0.2, 0.25) is 0 Å². The third-order valence-electron chi connectivity index (χ3n) is 12.6. The summed E-state index contributed by atoms with van der Waals surface area (Å²) in [5, 5.41) is 8.96. The monoisotopic (exact) mass is 884 g/mol. The Balaban J connectivity index is 1.78. The number of nitrogens with zero attached hydrogens (tertiary/aromatic N) is 4. The standard InChI is InChI=1S/C47H77N7O7S/c1-12-32(6)42(53(9)47(59)40(30(2)3)51-45(58)41(31(4)5)52(8)38(55)23-17-14-18-24-48)37(60-10)29-39(56)54-26-19-22-36(54)43(61-11)33(7)44(57)50-35(46-49-25-27-62-46)28-34-20-15-13-16-21-34/h13,15-16,20-21,25,27,30-33,35-37,40-43H,12,14,17-19,22-24,26,28-29,48H2,1-11H3,(H,50,57)(H,51,58)/t32-,33+,35-,36-,37+,40-,41-,42-,43?/m0/s1. The van der Waals surface area contributed by atoms with Gasteiger partial charge in [-0.25, -0.2) is 4.98 Å². The van der Waals surface area contributed by atoms with Crippen LogP contribution in [-0.2, 0) is 39.9 Å². The van der Waals surface area contributed by atoms with Gasteiger partial charge < -0.3 is 40.5 Å². The molecule has 0 aliphatic carbocycles. The molecule has 5 amide bonds. The predicted octanol–water partition coefficient (Wildman–Crippen LogP) is 5.61. The van der Waals surface area contributed by atoms with Crippen molar-refractivity contribution in [3.8, 4) is 0 Å². The zero-order valence-electron chi connectivity index (χ0n) is 39.3. The van der Waals surface area contributed by atoms with Gasteiger partial charge in [-0.3, -0.25) is 24.0 Å². The highest BCUT2D eigenvalue weighted by Crippen LogP contribution is 2.31. The van der Waals surface area contributed by atoms with Gasteiger partial charge in [0.05, 0.1) is 42.7 Å². The van der Waals surface area contributed by atoms with Crippen molar-refractivity contribution in [2.45, 2.75) is 149 Å². The fourth-order valence-electron chi connectivity index (χ4n) is 8.89. The average molecular weight is 884 g/mol. The van der Waals surface area contributed by atoms with E-state index in [9.17, 15) is 24.0 Å². The van der Waals surface area contributed by atoms with Gasteiger partial charge in [-0.15, -0.1) is 11.3 Å². The number of rotatable bonds is 26. The Labute approximate surface area is 375 Å². The third-order valence-corrected chi connectivity index (χ3v) is 13.5. The molecule has 0 radical (unpaired) electrons. The maximum atomic E-state index is 14.5. The third kappa shape index (κ3) is 14.3. The normalized spacial score (nSPS) is 18.0. The maximum absolute atomic E-state index is 14.5. The number of unbranched alkanes of at least 4 members (excludes halogenated alkanes) is 2. The average Bonchev–Trinajstić information content (AvgIpc) is 3.97. The largest absolute Gasteiger partial charge is 0.379 e. The number of carbonyl (C=O) groups is 5. The number of carbonyl (C=O) groups excluding carboxylic acids is 5. The van der Waals surface area contributed by atoms with Gasteiger partial charge in [-0.1, -0.05) is 91.6 Å². The number of likely N-dealkylation sites (tertiary alicyclic amines) is 1. The lowest BCUT2D eigenvalue weighted by molar-refractivity contribution is -0.148. The predicted molar refractivity (Wildman–Crippen MR) is 245 cm³/mol. The number of aromatic nitrogens is 1. The number of amides is 5. The SMILES string of the molecule is CC[C@H](C)[C@@H]([C@@H](CC(=O)N1CCC[C@H]1C(OC)[C@@H](C)C(=O)N[C@@H](Cc1ccccc1)c1nccs1)OC)N(C)C(=O)[C@@H](NC(=O)[C@H](C(C)C)N(C)C(=O)CCCCCN)C(C)C. The molecule has 0 bridgehead atoms. The highest BCUT2D eigenvalue weighted by atomic mass is 32.1. The molecule has 1 unspecified atom stereocenters. The smallest absolute Gasteiger partial charge is 0.245 e. The number of benzene rings is 1. The molecular weight excluding hydrogens is 807 g/mol. The first-order valence-corrected chi connectivity index (χ1v) is 23.5. The van der Waals surface area contributed by atoms with Crippen LogP contribution in [0.4, 0.5) is 0 Å². The van der Waals surface area contributed by atoms with Crippen molar-refractivity contribution < 1.29 is 33.4 Å². The fourth-order valence-corrected chi connectivity index (χ4v) is 9.58. The highest BCUT2D eigenvalue weighted by molar-refractivity contribution is 7.09. The summed E-state index contributed by atoms with van der Waals surface area (Å²) in [7, 11) is 6.51. The minimum atomic E-state index is -0.887. The Morgan fingerprint density at radius 1 is 0.919 bits per heavy atom. The van der Waals surface area contributed by atoms with Crippen LogP contribution in [0, 0.1) is 23.7 Å². The summed E-state index contributed by atoms with van der Waals surface area (Å²) in [4.78, 5) is 79.5. The molecule has 1 fully saturated rings. The lowest BCUT2D eigenvalue weighted by Crippen LogP contribution is -2.60. The minimum absolute atomic E-state index is 0.00610. The van der Waals surface area contributed by atoms with Crippen molar-refractivity contribution in [3.05, 3.63) is 52.5 Å². The lowest BCUT2D eigenvalue weighted by Gasteiger charge is -2.41. The van der Waals surface area contributed by atoms with E-state index < -0.39 is 36.3 Å². The minimum Gasteiger partial charge on any atom is -0.379 e. The second kappa shape index (κ2) is 26.0. The van der Waals surface area contributed by atoms with Gasteiger partial charge in [-0.2, -0.15) is 0 Å². The summed E-state index contributed by atoms with van der Waals surface area (Å²) in [6.07, 6.45) is 5.92. The van der Waals surface area contributed by atoms with Crippen LogP contribution in [0.25, 0.3) is 0 Å². The number of methoxy groups -OCH3 is 2. The molecule has 14 nitrogen and oxygen atoms in total. The quantitative estimate of drug-likeness (QED) is 0.102. The van der Waals surface area contributed by atoms with Crippen LogP contribution in [0.5, 0.6) is 0 Å². The van der Waals surface area contributed by atoms with E-state index >= 15 is 0 Å². The molecule has 2 heterocycles. The number of nitrogens with one attached hydrogen (secondary N) is 2. The second-order valence-corrected chi connectivity index (χ2v) is 18.7.